The molecule has 0 saturated carbocycles. The van der Waals surface area contributed by atoms with Crippen molar-refractivity contribution in [3.05, 3.63) is 33.4 Å². The van der Waals surface area contributed by atoms with Crippen LogP contribution >= 0.6 is 0 Å². The molecule has 18 heavy (non-hydrogen) atoms. The highest BCUT2D eigenvalue weighted by Crippen LogP contribution is 2.28. The molecule has 1 aromatic carbocycles. The topological polar surface area (TPSA) is 52.0 Å². The van der Waals surface area contributed by atoms with E-state index in [1.807, 2.05) is 0 Å². The fraction of sp³-hybridized carbons (Fsp3) is 0.625. The lowest BCUT2D eigenvalue weighted by atomic mass is 9.84. The van der Waals surface area contributed by atoms with Crippen molar-refractivity contribution in [1.82, 2.24) is 0 Å². The predicted octanol–water partition coefficient (Wildman–Crippen LogP) is 2.70. The lowest BCUT2D eigenvalue weighted by molar-refractivity contribution is 0.715. The number of hydrogen-bond donors (Lipinski definition) is 2. The number of hydrogen-bond acceptors (Lipinski definition) is 2. The molecule has 0 amide bonds. The zero-order valence-electron chi connectivity index (χ0n) is 12.7. The zero-order valence-corrected chi connectivity index (χ0v) is 12.7. The molecule has 0 spiro atoms. The Bertz CT molecular complexity index is 361. The number of rotatable bonds is 4. The van der Waals surface area contributed by atoms with Crippen molar-refractivity contribution < 1.29 is 0 Å². The highest BCUT2D eigenvalue weighted by molar-refractivity contribution is 5.50. The second-order valence-electron chi connectivity index (χ2n) is 5.82. The molecule has 0 aliphatic carbocycles. The number of benzene rings is 1. The van der Waals surface area contributed by atoms with Gasteiger partial charge in [0.05, 0.1) is 0 Å². The van der Waals surface area contributed by atoms with E-state index < -0.39 is 0 Å². The summed E-state index contributed by atoms with van der Waals surface area (Å²) in [6.07, 6.45) is 1.91. The van der Waals surface area contributed by atoms with E-state index in [0.717, 1.165) is 12.8 Å². The van der Waals surface area contributed by atoms with E-state index in [0.29, 0.717) is 0 Å². The summed E-state index contributed by atoms with van der Waals surface area (Å²) in [5.41, 5.74) is 20.3. The standard InChI is InChI=1S/C16H28N2/c1-9(17)7-15-11(3)13(5)16(8-10(2)18)14(6)12(15)4/h9-10H,7-8,17-18H2,1-6H3. The highest BCUT2D eigenvalue weighted by atomic mass is 14.6. The Morgan fingerprint density at radius 3 is 1.06 bits per heavy atom. The second-order valence-corrected chi connectivity index (χ2v) is 5.82. The average Bonchev–Trinajstić information content (AvgIpc) is 2.27. The molecule has 0 aliphatic heterocycles. The molecule has 0 saturated heterocycles. The summed E-state index contributed by atoms with van der Waals surface area (Å²) in [5.74, 6) is 0. The van der Waals surface area contributed by atoms with E-state index in [4.69, 9.17) is 11.5 Å². The van der Waals surface area contributed by atoms with E-state index >= 15 is 0 Å². The van der Waals surface area contributed by atoms with E-state index in [9.17, 15) is 0 Å². The van der Waals surface area contributed by atoms with E-state index in [1.54, 1.807) is 0 Å². The number of nitrogens with two attached hydrogens (primary N) is 2. The van der Waals surface area contributed by atoms with Gasteiger partial charge in [-0.05, 0) is 87.8 Å². The first kappa shape index (κ1) is 15.2. The molecule has 4 N–H and O–H groups in total. The van der Waals surface area contributed by atoms with Crippen LogP contribution in [0.25, 0.3) is 0 Å². The molecule has 0 fully saturated rings. The van der Waals surface area contributed by atoms with E-state index in [2.05, 4.69) is 41.5 Å². The van der Waals surface area contributed by atoms with Crippen molar-refractivity contribution in [2.24, 2.45) is 11.5 Å². The maximum Gasteiger partial charge on any atom is 0.00511 e. The lowest BCUT2D eigenvalue weighted by Crippen LogP contribution is -2.22. The molecular weight excluding hydrogens is 220 g/mol. The van der Waals surface area contributed by atoms with Crippen LogP contribution in [-0.2, 0) is 12.8 Å². The van der Waals surface area contributed by atoms with Crippen molar-refractivity contribution in [3.8, 4) is 0 Å². The third-order valence-corrected chi connectivity index (χ3v) is 3.99. The first-order valence-corrected chi connectivity index (χ1v) is 6.84. The summed E-state index contributed by atoms with van der Waals surface area (Å²) in [7, 11) is 0. The van der Waals surface area contributed by atoms with Crippen molar-refractivity contribution in [1.29, 1.82) is 0 Å². The van der Waals surface area contributed by atoms with Crippen LogP contribution in [0.3, 0.4) is 0 Å². The maximum atomic E-state index is 5.96. The zero-order chi connectivity index (χ0) is 14.0. The minimum Gasteiger partial charge on any atom is -0.328 e. The molecule has 0 bridgehead atoms. The van der Waals surface area contributed by atoms with Crippen LogP contribution in [0.15, 0.2) is 0 Å². The Morgan fingerprint density at radius 1 is 0.667 bits per heavy atom. The molecule has 2 heteroatoms. The Morgan fingerprint density at radius 2 is 0.889 bits per heavy atom. The van der Waals surface area contributed by atoms with E-state index in [1.165, 1.54) is 33.4 Å². The highest BCUT2D eigenvalue weighted by Gasteiger charge is 2.16. The van der Waals surface area contributed by atoms with E-state index in [-0.39, 0.29) is 12.1 Å². The third-order valence-electron chi connectivity index (χ3n) is 3.99. The summed E-state index contributed by atoms with van der Waals surface area (Å²) >= 11 is 0. The van der Waals surface area contributed by atoms with Gasteiger partial charge in [0.15, 0.2) is 0 Å². The van der Waals surface area contributed by atoms with Crippen molar-refractivity contribution in [3.63, 3.8) is 0 Å². The maximum absolute atomic E-state index is 5.96. The molecule has 102 valence electrons. The largest absolute Gasteiger partial charge is 0.328 e. The summed E-state index contributed by atoms with van der Waals surface area (Å²) in [5, 5.41) is 0. The van der Waals surface area contributed by atoms with Gasteiger partial charge in [-0.3, -0.25) is 0 Å². The first-order chi connectivity index (χ1) is 8.25. The van der Waals surface area contributed by atoms with Crippen molar-refractivity contribution in [2.75, 3.05) is 0 Å². The van der Waals surface area contributed by atoms with Gasteiger partial charge in [0.1, 0.15) is 0 Å². The second kappa shape index (κ2) is 5.85. The van der Waals surface area contributed by atoms with Gasteiger partial charge >= 0.3 is 0 Å². The Kier molecular flexibility index (Phi) is 4.94. The van der Waals surface area contributed by atoms with Gasteiger partial charge in [-0.2, -0.15) is 0 Å². The monoisotopic (exact) mass is 248 g/mol. The Hall–Kier alpha value is -0.860. The Labute approximate surface area is 112 Å². The fourth-order valence-electron chi connectivity index (χ4n) is 2.72. The van der Waals surface area contributed by atoms with Crippen LogP contribution in [-0.4, -0.2) is 12.1 Å². The molecular formula is C16H28N2. The van der Waals surface area contributed by atoms with Gasteiger partial charge in [-0.1, -0.05) is 0 Å². The van der Waals surface area contributed by atoms with Gasteiger partial charge in [0, 0.05) is 12.1 Å². The summed E-state index contributed by atoms with van der Waals surface area (Å²) in [4.78, 5) is 0. The molecule has 0 aliphatic rings. The van der Waals surface area contributed by atoms with Crippen LogP contribution < -0.4 is 11.5 Å². The van der Waals surface area contributed by atoms with Crippen LogP contribution in [0.2, 0.25) is 0 Å². The molecule has 0 heterocycles. The Balaban J connectivity index is 3.35. The van der Waals surface area contributed by atoms with Gasteiger partial charge in [-0.15, -0.1) is 0 Å². The normalized spacial score (nSPS) is 14.7. The van der Waals surface area contributed by atoms with Crippen LogP contribution in [0.5, 0.6) is 0 Å². The summed E-state index contributed by atoms with van der Waals surface area (Å²) < 4.78 is 0. The smallest absolute Gasteiger partial charge is 0.00511 e. The molecule has 2 atom stereocenters. The molecule has 2 nitrogen and oxygen atoms in total. The molecule has 2 unspecified atom stereocenters. The van der Waals surface area contributed by atoms with Crippen LogP contribution in [0.4, 0.5) is 0 Å². The van der Waals surface area contributed by atoms with Gasteiger partial charge in [-0.25, -0.2) is 0 Å². The summed E-state index contributed by atoms with van der Waals surface area (Å²) in [6, 6.07) is 0.418. The fourth-order valence-corrected chi connectivity index (χ4v) is 2.72. The lowest BCUT2D eigenvalue weighted by Gasteiger charge is -2.22. The quantitative estimate of drug-likeness (QED) is 0.861. The average molecular weight is 248 g/mol. The molecule has 0 aromatic heterocycles. The minimum atomic E-state index is 0.209. The van der Waals surface area contributed by atoms with Crippen LogP contribution in [0, 0.1) is 27.7 Å². The van der Waals surface area contributed by atoms with Gasteiger partial charge in [0.2, 0.25) is 0 Å². The third kappa shape index (κ3) is 3.12. The first-order valence-electron chi connectivity index (χ1n) is 6.84. The van der Waals surface area contributed by atoms with Crippen molar-refractivity contribution in [2.45, 2.75) is 66.5 Å². The SMILES string of the molecule is Cc1c(C)c(CC(C)N)c(C)c(C)c1CC(C)N. The van der Waals surface area contributed by atoms with Crippen LogP contribution in [0.1, 0.15) is 47.2 Å². The molecule has 1 rings (SSSR count). The minimum absolute atomic E-state index is 0.209. The molecule has 0 radical (unpaired) electrons. The van der Waals surface area contributed by atoms with Crippen molar-refractivity contribution >= 4 is 0 Å². The predicted molar refractivity (Wildman–Crippen MR) is 80.1 cm³/mol. The molecule has 1 aromatic rings. The summed E-state index contributed by atoms with van der Waals surface area (Å²) in [6.45, 7) is 13.0. The van der Waals surface area contributed by atoms with Gasteiger partial charge < -0.3 is 11.5 Å². The van der Waals surface area contributed by atoms with Gasteiger partial charge in [0.25, 0.3) is 0 Å².